The zero-order valence-electron chi connectivity index (χ0n) is 12.9. The van der Waals surface area contributed by atoms with E-state index >= 15 is 0 Å². The van der Waals surface area contributed by atoms with Crippen LogP contribution in [0.4, 0.5) is 0 Å². The van der Waals surface area contributed by atoms with Crippen molar-refractivity contribution >= 4 is 23.5 Å². The van der Waals surface area contributed by atoms with Gasteiger partial charge in [-0.2, -0.15) is 0 Å². The molecule has 1 aliphatic rings. The fraction of sp³-hybridized carbons (Fsp3) is 0.235. The minimum Gasteiger partial charge on any atom is -0.478 e. The lowest BCUT2D eigenvalue weighted by molar-refractivity contribution is -0.135. The fourth-order valence-corrected chi connectivity index (χ4v) is 3.22. The predicted octanol–water partition coefficient (Wildman–Crippen LogP) is 3.20. The van der Waals surface area contributed by atoms with Crippen molar-refractivity contribution in [1.29, 1.82) is 0 Å². The molecule has 3 heterocycles. The molecule has 0 saturated heterocycles. The predicted molar refractivity (Wildman–Crippen MR) is 86.2 cm³/mol. The highest BCUT2D eigenvalue weighted by atomic mass is 35.5. The van der Waals surface area contributed by atoms with Crippen LogP contribution in [-0.2, 0) is 16.1 Å². The molecular weight excluding hydrogens is 332 g/mol. The summed E-state index contributed by atoms with van der Waals surface area (Å²) >= 11 is 6.11. The van der Waals surface area contributed by atoms with Crippen LogP contribution in [0.1, 0.15) is 30.6 Å². The number of amides is 1. The Hall–Kier alpha value is -2.60. The summed E-state index contributed by atoms with van der Waals surface area (Å²) in [6.07, 6.45) is 3.06. The summed E-state index contributed by atoms with van der Waals surface area (Å²) in [6, 6.07) is 6.84. The van der Waals surface area contributed by atoms with Crippen LogP contribution in [0, 0.1) is 0 Å². The molecule has 24 heavy (non-hydrogen) atoms. The number of hydrogen-bond acceptors (Lipinski definition) is 4. The van der Waals surface area contributed by atoms with Crippen molar-refractivity contribution in [3.05, 3.63) is 64.5 Å². The Labute approximate surface area is 143 Å². The number of furan rings is 1. The van der Waals surface area contributed by atoms with Crippen LogP contribution in [0.2, 0.25) is 5.15 Å². The van der Waals surface area contributed by atoms with E-state index in [4.69, 9.17) is 16.0 Å². The van der Waals surface area contributed by atoms with Gasteiger partial charge < -0.3 is 14.4 Å². The second-order valence-corrected chi connectivity index (χ2v) is 5.86. The third kappa shape index (κ3) is 2.92. The second kappa shape index (κ2) is 6.49. The first-order valence-corrected chi connectivity index (χ1v) is 7.74. The smallest absolute Gasteiger partial charge is 0.333 e. The van der Waals surface area contributed by atoms with Gasteiger partial charge in [0.2, 0.25) is 5.91 Å². The lowest BCUT2D eigenvalue weighted by atomic mass is 9.84. The molecule has 0 spiro atoms. The van der Waals surface area contributed by atoms with Crippen LogP contribution in [0.15, 0.2) is 52.4 Å². The number of carbonyl (C=O) groups excluding carboxylic acids is 1. The van der Waals surface area contributed by atoms with Crippen LogP contribution in [0.5, 0.6) is 0 Å². The van der Waals surface area contributed by atoms with Crippen molar-refractivity contribution < 1.29 is 19.1 Å². The number of carboxylic acids is 1. The Kier molecular flexibility index (Phi) is 4.40. The lowest BCUT2D eigenvalue weighted by Gasteiger charge is -2.33. The molecule has 7 heteroatoms. The summed E-state index contributed by atoms with van der Waals surface area (Å²) in [7, 11) is 0. The average molecular weight is 347 g/mol. The molecule has 1 atom stereocenters. The maximum absolute atomic E-state index is 12.6. The summed E-state index contributed by atoms with van der Waals surface area (Å²) in [5.74, 6) is -1.29. The Balaban J connectivity index is 2.04. The van der Waals surface area contributed by atoms with Gasteiger partial charge in [0.05, 0.1) is 18.4 Å². The van der Waals surface area contributed by atoms with E-state index in [1.54, 1.807) is 31.2 Å². The first-order chi connectivity index (χ1) is 11.5. The average Bonchev–Trinajstić information content (AvgIpc) is 3.04. The maximum atomic E-state index is 12.6. The zero-order valence-corrected chi connectivity index (χ0v) is 13.7. The van der Waals surface area contributed by atoms with Gasteiger partial charge in [-0.1, -0.05) is 17.7 Å². The first kappa shape index (κ1) is 16.3. The van der Waals surface area contributed by atoms with E-state index in [0.29, 0.717) is 17.0 Å². The summed E-state index contributed by atoms with van der Waals surface area (Å²) in [5, 5.41) is 9.89. The molecule has 1 amide bonds. The maximum Gasteiger partial charge on any atom is 0.333 e. The monoisotopic (exact) mass is 346 g/mol. The van der Waals surface area contributed by atoms with Crippen molar-refractivity contribution in [2.75, 3.05) is 0 Å². The lowest BCUT2D eigenvalue weighted by Crippen LogP contribution is -2.37. The number of carbonyl (C=O) groups is 2. The fourth-order valence-electron chi connectivity index (χ4n) is 2.96. The van der Waals surface area contributed by atoms with Crippen molar-refractivity contribution in [1.82, 2.24) is 9.88 Å². The Morgan fingerprint density at radius 3 is 2.88 bits per heavy atom. The van der Waals surface area contributed by atoms with E-state index < -0.39 is 11.9 Å². The molecule has 0 fully saturated rings. The van der Waals surface area contributed by atoms with Gasteiger partial charge in [-0.15, -0.1) is 0 Å². The molecule has 3 rings (SSSR count). The molecular formula is C17H15ClN2O4. The topological polar surface area (TPSA) is 83.6 Å². The van der Waals surface area contributed by atoms with Gasteiger partial charge in [-0.25, -0.2) is 9.78 Å². The Morgan fingerprint density at radius 2 is 2.25 bits per heavy atom. The van der Waals surface area contributed by atoms with Gasteiger partial charge in [0.15, 0.2) is 0 Å². The molecule has 0 bridgehead atoms. The number of hydrogen-bond donors (Lipinski definition) is 1. The Morgan fingerprint density at radius 1 is 1.46 bits per heavy atom. The SMILES string of the molecule is CC1=C(C(=O)O)[C@@H](c2cccnc2Cl)CC(=O)N1Cc1ccco1. The van der Waals surface area contributed by atoms with Gasteiger partial charge in [-0.3, -0.25) is 4.79 Å². The summed E-state index contributed by atoms with van der Waals surface area (Å²) < 4.78 is 5.26. The summed E-state index contributed by atoms with van der Waals surface area (Å²) in [4.78, 5) is 29.8. The van der Waals surface area contributed by atoms with E-state index in [1.165, 1.54) is 17.4 Å². The standard InChI is InChI=1S/C17H15ClN2O4/c1-10-15(17(22)23)13(12-5-2-6-19-16(12)18)8-14(21)20(10)9-11-4-3-7-24-11/h2-7,13H,8-9H2,1H3,(H,22,23)/t13-/m1/s1. The zero-order chi connectivity index (χ0) is 17.3. The molecule has 0 saturated carbocycles. The van der Waals surface area contributed by atoms with Crippen molar-refractivity contribution in [2.45, 2.75) is 25.8 Å². The minimum absolute atomic E-state index is 0.0189. The number of aromatic nitrogens is 1. The summed E-state index contributed by atoms with van der Waals surface area (Å²) in [5.41, 5.74) is 1.08. The molecule has 1 aliphatic heterocycles. The van der Waals surface area contributed by atoms with Crippen molar-refractivity contribution in [3.63, 3.8) is 0 Å². The molecule has 1 N–H and O–H groups in total. The molecule has 2 aromatic rings. The van der Waals surface area contributed by atoms with E-state index in [0.717, 1.165) is 0 Å². The number of carboxylic acid groups (broad SMARTS) is 1. The normalized spacial score (nSPS) is 18.2. The molecule has 0 unspecified atom stereocenters. The number of pyridine rings is 1. The quantitative estimate of drug-likeness (QED) is 0.859. The molecule has 2 aromatic heterocycles. The number of allylic oxidation sites excluding steroid dienone is 1. The molecule has 124 valence electrons. The van der Waals surface area contributed by atoms with Gasteiger partial charge in [0.1, 0.15) is 10.9 Å². The van der Waals surface area contributed by atoms with E-state index in [2.05, 4.69) is 4.98 Å². The highest BCUT2D eigenvalue weighted by molar-refractivity contribution is 6.30. The van der Waals surface area contributed by atoms with Gasteiger partial charge in [-0.05, 0) is 30.7 Å². The van der Waals surface area contributed by atoms with E-state index in [-0.39, 0.29) is 29.6 Å². The third-order valence-corrected chi connectivity index (χ3v) is 4.43. The first-order valence-electron chi connectivity index (χ1n) is 7.36. The van der Waals surface area contributed by atoms with Crippen molar-refractivity contribution in [2.24, 2.45) is 0 Å². The van der Waals surface area contributed by atoms with Crippen LogP contribution < -0.4 is 0 Å². The van der Waals surface area contributed by atoms with Gasteiger partial charge in [0.25, 0.3) is 0 Å². The minimum atomic E-state index is -1.07. The highest BCUT2D eigenvalue weighted by Crippen LogP contribution is 2.39. The van der Waals surface area contributed by atoms with Crippen molar-refractivity contribution in [3.8, 4) is 0 Å². The number of aliphatic carboxylic acids is 1. The number of nitrogens with zero attached hydrogens (tertiary/aromatic N) is 2. The number of halogens is 1. The van der Waals surface area contributed by atoms with Crippen LogP contribution >= 0.6 is 11.6 Å². The van der Waals surface area contributed by atoms with Gasteiger partial charge in [0, 0.05) is 24.2 Å². The highest BCUT2D eigenvalue weighted by Gasteiger charge is 2.37. The third-order valence-electron chi connectivity index (χ3n) is 4.11. The summed E-state index contributed by atoms with van der Waals surface area (Å²) in [6.45, 7) is 1.82. The second-order valence-electron chi connectivity index (χ2n) is 5.50. The Bertz CT molecular complexity index is 814. The van der Waals surface area contributed by atoms with Crippen LogP contribution in [0.25, 0.3) is 0 Å². The largest absolute Gasteiger partial charge is 0.478 e. The molecule has 0 aliphatic carbocycles. The van der Waals surface area contributed by atoms with E-state index in [9.17, 15) is 14.7 Å². The van der Waals surface area contributed by atoms with Crippen LogP contribution in [0.3, 0.4) is 0 Å². The molecule has 0 aromatic carbocycles. The van der Waals surface area contributed by atoms with Crippen LogP contribution in [-0.4, -0.2) is 26.9 Å². The molecule has 0 radical (unpaired) electrons. The molecule has 6 nitrogen and oxygen atoms in total. The van der Waals surface area contributed by atoms with Gasteiger partial charge >= 0.3 is 5.97 Å². The van der Waals surface area contributed by atoms with E-state index in [1.807, 2.05) is 0 Å². The number of rotatable bonds is 4.